The van der Waals surface area contributed by atoms with Gasteiger partial charge in [0.25, 0.3) is 5.69 Å². The largest absolute Gasteiger partial charge is 0.456 e. The van der Waals surface area contributed by atoms with Gasteiger partial charge < -0.3 is 10.1 Å². The van der Waals surface area contributed by atoms with Gasteiger partial charge in [0.1, 0.15) is 17.2 Å². The van der Waals surface area contributed by atoms with Gasteiger partial charge in [-0.3, -0.25) is 10.1 Å². The van der Waals surface area contributed by atoms with Gasteiger partial charge in [0.2, 0.25) is 0 Å². The second-order valence-electron chi connectivity index (χ2n) is 6.40. The maximum atomic E-state index is 11.4. The van der Waals surface area contributed by atoms with Crippen LogP contribution < -0.4 is 10.1 Å². The first-order valence-electron chi connectivity index (χ1n) is 8.47. The monoisotopic (exact) mass is 396 g/mol. The summed E-state index contributed by atoms with van der Waals surface area (Å²) in [6.45, 7) is 6.21. The lowest BCUT2D eigenvalue weighted by Crippen LogP contribution is -2.33. The molecule has 0 bridgehead atoms. The Morgan fingerprint density at radius 3 is 2.50 bits per heavy atom. The molecule has 5 nitrogen and oxygen atoms in total. The highest BCUT2D eigenvalue weighted by Crippen LogP contribution is 2.37. The van der Waals surface area contributed by atoms with Crippen LogP contribution in [0.4, 0.5) is 11.4 Å². The van der Waals surface area contributed by atoms with E-state index in [2.05, 4.69) is 26.1 Å². The van der Waals surface area contributed by atoms with Gasteiger partial charge in [0, 0.05) is 22.7 Å². The SMILES string of the molecule is CCCC(C)(CC)Nc1cc(Oc2ccc(Cl)cc2Cl)ccc1[N+](=O)[O-]. The fourth-order valence-electron chi connectivity index (χ4n) is 2.73. The highest BCUT2D eigenvalue weighted by molar-refractivity contribution is 6.35. The molecule has 0 spiro atoms. The summed E-state index contributed by atoms with van der Waals surface area (Å²) in [5, 5.41) is 15.6. The molecule has 26 heavy (non-hydrogen) atoms. The molecule has 2 rings (SSSR count). The summed E-state index contributed by atoms with van der Waals surface area (Å²) >= 11 is 12.0. The highest BCUT2D eigenvalue weighted by Gasteiger charge is 2.25. The number of hydrogen-bond acceptors (Lipinski definition) is 4. The number of nitrogens with one attached hydrogen (secondary N) is 1. The molecule has 1 N–H and O–H groups in total. The number of nitro benzene ring substituents is 1. The molecule has 0 fully saturated rings. The van der Waals surface area contributed by atoms with E-state index in [0.717, 1.165) is 19.3 Å². The zero-order valence-corrected chi connectivity index (χ0v) is 16.5. The Hall–Kier alpha value is -1.98. The van der Waals surface area contributed by atoms with Crippen molar-refractivity contribution in [2.24, 2.45) is 0 Å². The first kappa shape index (κ1) is 20.3. The van der Waals surface area contributed by atoms with Crippen molar-refractivity contribution in [3.8, 4) is 11.5 Å². The van der Waals surface area contributed by atoms with Crippen molar-refractivity contribution in [3.05, 3.63) is 56.6 Å². The molecule has 0 saturated heterocycles. The van der Waals surface area contributed by atoms with Gasteiger partial charge >= 0.3 is 0 Å². The molecule has 2 aromatic carbocycles. The predicted octanol–water partition coefficient (Wildman–Crippen LogP) is 7.07. The predicted molar refractivity (Wildman–Crippen MR) is 107 cm³/mol. The molecule has 0 aliphatic rings. The minimum atomic E-state index is -0.399. The second kappa shape index (κ2) is 8.60. The van der Waals surface area contributed by atoms with Crippen molar-refractivity contribution in [3.63, 3.8) is 0 Å². The summed E-state index contributed by atoms with van der Waals surface area (Å²) < 4.78 is 5.79. The van der Waals surface area contributed by atoms with E-state index in [1.807, 2.05) is 0 Å². The number of benzene rings is 2. The molecule has 0 amide bonds. The van der Waals surface area contributed by atoms with Crippen LogP contribution in [-0.4, -0.2) is 10.5 Å². The standard InChI is InChI=1S/C19H22Cl2N2O3/c1-4-10-19(3,5-2)22-16-12-14(7-8-17(16)23(24)25)26-18-9-6-13(20)11-15(18)21/h6-9,11-12,22H,4-5,10H2,1-3H3. The van der Waals surface area contributed by atoms with Crippen LogP contribution in [0.15, 0.2) is 36.4 Å². The Labute approximate surface area is 163 Å². The summed E-state index contributed by atoms with van der Waals surface area (Å²) in [6, 6.07) is 9.53. The Morgan fingerprint density at radius 1 is 1.19 bits per heavy atom. The molecule has 140 valence electrons. The zero-order valence-electron chi connectivity index (χ0n) is 15.0. The third kappa shape index (κ3) is 5.02. The maximum Gasteiger partial charge on any atom is 0.292 e. The van der Waals surface area contributed by atoms with Gasteiger partial charge in [-0.15, -0.1) is 0 Å². The van der Waals surface area contributed by atoms with Gasteiger partial charge in [0.15, 0.2) is 0 Å². The van der Waals surface area contributed by atoms with Crippen molar-refractivity contribution in [2.75, 3.05) is 5.32 Å². The first-order valence-corrected chi connectivity index (χ1v) is 9.23. The molecular formula is C19H22Cl2N2O3. The number of halogens is 2. The lowest BCUT2D eigenvalue weighted by atomic mass is 9.92. The van der Waals surface area contributed by atoms with Crippen LogP contribution in [0, 0.1) is 10.1 Å². The van der Waals surface area contributed by atoms with Crippen molar-refractivity contribution >= 4 is 34.6 Å². The van der Waals surface area contributed by atoms with Gasteiger partial charge in [-0.25, -0.2) is 0 Å². The molecule has 7 heteroatoms. The summed E-state index contributed by atoms with van der Waals surface area (Å²) in [7, 11) is 0. The van der Waals surface area contributed by atoms with Gasteiger partial charge in [0.05, 0.1) is 9.95 Å². The highest BCUT2D eigenvalue weighted by atomic mass is 35.5. The summed E-state index contributed by atoms with van der Waals surface area (Å²) in [5.74, 6) is 0.889. The fraction of sp³-hybridized carbons (Fsp3) is 0.368. The van der Waals surface area contributed by atoms with E-state index in [4.69, 9.17) is 27.9 Å². The number of nitrogens with zero attached hydrogens (tertiary/aromatic N) is 1. The van der Waals surface area contributed by atoms with Crippen molar-refractivity contribution in [1.82, 2.24) is 0 Å². The maximum absolute atomic E-state index is 11.4. The quantitative estimate of drug-likeness (QED) is 0.382. The van der Waals surface area contributed by atoms with E-state index in [0.29, 0.717) is 27.2 Å². The molecule has 1 unspecified atom stereocenters. The van der Waals surface area contributed by atoms with Crippen LogP contribution in [0.2, 0.25) is 10.0 Å². The van der Waals surface area contributed by atoms with Crippen LogP contribution in [0.3, 0.4) is 0 Å². The molecule has 1 atom stereocenters. The van der Waals surface area contributed by atoms with Crippen LogP contribution in [0.1, 0.15) is 40.0 Å². The number of rotatable bonds is 8. The van der Waals surface area contributed by atoms with E-state index >= 15 is 0 Å². The third-order valence-corrected chi connectivity index (χ3v) is 4.84. The molecule has 2 aromatic rings. The summed E-state index contributed by atoms with van der Waals surface area (Å²) in [6.07, 6.45) is 2.71. The topological polar surface area (TPSA) is 64.4 Å². The molecule has 0 aromatic heterocycles. The normalized spacial score (nSPS) is 13.1. The minimum Gasteiger partial charge on any atom is -0.456 e. The molecule has 0 saturated carbocycles. The summed E-state index contributed by atoms with van der Waals surface area (Å²) in [4.78, 5) is 11.0. The number of hydrogen-bond donors (Lipinski definition) is 1. The Morgan fingerprint density at radius 2 is 1.92 bits per heavy atom. The van der Waals surface area contributed by atoms with Crippen molar-refractivity contribution in [1.29, 1.82) is 0 Å². The summed E-state index contributed by atoms with van der Waals surface area (Å²) in [5.41, 5.74) is 0.196. The van der Waals surface area contributed by atoms with Gasteiger partial charge in [-0.05, 0) is 44.0 Å². The molecule has 0 aliphatic carbocycles. The van der Waals surface area contributed by atoms with Gasteiger partial charge in [-0.1, -0.05) is 43.5 Å². The third-order valence-electron chi connectivity index (χ3n) is 4.31. The lowest BCUT2D eigenvalue weighted by Gasteiger charge is -2.30. The average molecular weight is 397 g/mol. The smallest absolute Gasteiger partial charge is 0.292 e. The van der Waals surface area contributed by atoms with E-state index in [-0.39, 0.29) is 11.2 Å². The van der Waals surface area contributed by atoms with E-state index in [9.17, 15) is 10.1 Å². The molecule has 0 heterocycles. The average Bonchev–Trinajstić information content (AvgIpc) is 2.57. The molecule has 0 aliphatic heterocycles. The van der Waals surface area contributed by atoms with Crippen molar-refractivity contribution < 1.29 is 9.66 Å². The second-order valence-corrected chi connectivity index (χ2v) is 7.25. The Bertz CT molecular complexity index is 798. The van der Waals surface area contributed by atoms with E-state index < -0.39 is 4.92 Å². The fourth-order valence-corrected chi connectivity index (χ4v) is 3.17. The van der Waals surface area contributed by atoms with Crippen LogP contribution in [-0.2, 0) is 0 Å². The molecular weight excluding hydrogens is 375 g/mol. The van der Waals surface area contributed by atoms with Crippen molar-refractivity contribution in [2.45, 2.75) is 45.6 Å². The first-order chi connectivity index (χ1) is 12.3. The number of nitro groups is 1. The Balaban J connectivity index is 2.37. The van der Waals surface area contributed by atoms with E-state index in [1.54, 1.807) is 30.3 Å². The lowest BCUT2D eigenvalue weighted by molar-refractivity contribution is -0.384. The Kier molecular flexibility index (Phi) is 6.73. The van der Waals surface area contributed by atoms with Crippen LogP contribution in [0.5, 0.6) is 11.5 Å². The number of anilines is 1. The minimum absolute atomic E-state index is 0.00957. The number of ether oxygens (including phenoxy) is 1. The van der Waals surface area contributed by atoms with Crippen LogP contribution >= 0.6 is 23.2 Å². The molecule has 0 radical (unpaired) electrons. The zero-order chi connectivity index (χ0) is 19.3. The van der Waals surface area contributed by atoms with Gasteiger partial charge in [-0.2, -0.15) is 0 Å². The van der Waals surface area contributed by atoms with Crippen LogP contribution in [0.25, 0.3) is 0 Å². The van der Waals surface area contributed by atoms with E-state index in [1.165, 1.54) is 6.07 Å².